The molecule has 0 bridgehead atoms. The van der Waals surface area contributed by atoms with E-state index in [2.05, 4.69) is 19.9 Å². The number of rotatable bonds is 6. The lowest BCUT2D eigenvalue weighted by Crippen LogP contribution is -1.98. The molecule has 1 aromatic rings. The van der Waals surface area contributed by atoms with Crippen LogP contribution in [0.4, 0.5) is 0 Å². The molecular formula is C16H22O3. The molecule has 1 rings (SSSR count). The fourth-order valence-corrected chi connectivity index (χ4v) is 2.10. The first-order valence-electron chi connectivity index (χ1n) is 6.52. The van der Waals surface area contributed by atoms with Gasteiger partial charge < -0.3 is 9.84 Å². The van der Waals surface area contributed by atoms with Crippen molar-refractivity contribution < 1.29 is 14.6 Å². The molecule has 0 aliphatic rings. The van der Waals surface area contributed by atoms with E-state index in [9.17, 15) is 4.79 Å². The smallest absolute Gasteiger partial charge is 0.303 e. The maximum Gasteiger partial charge on any atom is 0.303 e. The molecule has 0 saturated carbocycles. The van der Waals surface area contributed by atoms with Gasteiger partial charge in [0.15, 0.2) is 0 Å². The van der Waals surface area contributed by atoms with Crippen molar-refractivity contribution in [3.8, 4) is 5.75 Å². The summed E-state index contributed by atoms with van der Waals surface area (Å²) in [5, 5.41) is 8.70. The van der Waals surface area contributed by atoms with Gasteiger partial charge in [0, 0.05) is 6.42 Å². The minimum atomic E-state index is -0.759. The normalized spacial score (nSPS) is 11.7. The van der Waals surface area contributed by atoms with Crippen molar-refractivity contribution >= 4 is 11.5 Å². The summed E-state index contributed by atoms with van der Waals surface area (Å²) in [5.41, 5.74) is 3.41. The molecule has 0 atom stereocenters. The molecule has 19 heavy (non-hydrogen) atoms. The Morgan fingerprint density at radius 2 is 2.11 bits per heavy atom. The number of methoxy groups -OCH3 is 1. The van der Waals surface area contributed by atoms with Crippen molar-refractivity contribution in [1.82, 2.24) is 0 Å². The van der Waals surface area contributed by atoms with E-state index < -0.39 is 5.97 Å². The van der Waals surface area contributed by atoms with E-state index in [-0.39, 0.29) is 6.42 Å². The van der Waals surface area contributed by atoms with Gasteiger partial charge in [-0.3, -0.25) is 4.79 Å². The fraction of sp³-hybridized carbons (Fsp3) is 0.438. The quantitative estimate of drug-likeness (QED) is 0.845. The highest BCUT2D eigenvalue weighted by Gasteiger charge is 2.09. The highest BCUT2D eigenvalue weighted by atomic mass is 16.5. The zero-order valence-corrected chi connectivity index (χ0v) is 12.1. The third-order valence-electron chi connectivity index (χ3n) is 3.07. The van der Waals surface area contributed by atoms with Crippen LogP contribution in [0.3, 0.4) is 0 Å². The summed E-state index contributed by atoms with van der Waals surface area (Å²) in [7, 11) is 1.66. The van der Waals surface area contributed by atoms with Crippen LogP contribution in [0.5, 0.6) is 5.75 Å². The summed E-state index contributed by atoms with van der Waals surface area (Å²) in [6.45, 7) is 6.25. The first-order chi connectivity index (χ1) is 8.95. The number of aliphatic carboxylic acids is 1. The van der Waals surface area contributed by atoms with Gasteiger partial charge >= 0.3 is 5.97 Å². The van der Waals surface area contributed by atoms with E-state index in [1.165, 1.54) is 5.57 Å². The van der Waals surface area contributed by atoms with Crippen LogP contribution in [0.25, 0.3) is 5.57 Å². The van der Waals surface area contributed by atoms with Crippen LogP contribution in [0, 0.1) is 12.8 Å². The Bertz CT molecular complexity index is 473. The van der Waals surface area contributed by atoms with Gasteiger partial charge in [-0.15, -0.1) is 0 Å². The van der Waals surface area contributed by atoms with Crippen molar-refractivity contribution in [1.29, 1.82) is 0 Å². The summed E-state index contributed by atoms with van der Waals surface area (Å²) in [4.78, 5) is 10.6. The topological polar surface area (TPSA) is 46.5 Å². The van der Waals surface area contributed by atoms with Crippen molar-refractivity contribution in [2.75, 3.05) is 7.11 Å². The predicted octanol–water partition coefficient (Wildman–Crippen LogP) is 3.91. The second-order valence-electron chi connectivity index (χ2n) is 4.93. The van der Waals surface area contributed by atoms with Crippen molar-refractivity contribution in [2.24, 2.45) is 5.92 Å². The summed E-state index contributed by atoms with van der Waals surface area (Å²) in [5.74, 6) is 0.476. The number of carbonyl (C=O) groups is 1. The van der Waals surface area contributed by atoms with Crippen molar-refractivity contribution in [2.45, 2.75) is 33.6 Å². The maximum absolute atomic E-state index is 10.6. The molecule has 1 N–H and O–H groups in total. The molecule has 0 aliphatic carbocycles. The number of ether oxygens (including phenoxy) is 1. The van der Waals surface area contributed by atoms with E-state index in [1.54, 1.807) is 7.11 Å². The van der Waals surface area contributed by atoms with Gasteiger partial charge in [-0.2, -0.15) is 0 Å². The number of benzene rings is 1. The number of hydrogen-bond acceptors (Lipinski definition) is 2. The second kappa shape index (κ2) is 6.98. The maximum atomic E-state index is 10.6. The number of allylic oxidation sites excluding steroid dienone is 2. The molecule has 104 valence electrons. The van der Waals surface area contributed by atoms with Crippen LogP contribution in [-0.4, -0.2) is 18.2 Å². The van der Waals surface area contributed by atoms with E-state index in [0.717, 1.165) is 16.9 Å². The lowest BCUT2D eigenvalue weighted by atomic mass is 9.93. The number of hydrogen-bond donors (Lipinski definition) is 1. The molecule has 0 aliphatic heterocycles. The highest BCUT2D eigenvalue weighted by molar-refractivity contribution is 5.70. The molecule has 0 heterocycles. The molecule has 3 nitrogen and oxygen atoms in total. The Kier molecular flexibility index (Phi) is 5.61. The van der Waals surface area contributed by atoms with E-state index in [0.29, 0.717) is 12.3 Å². The molecule has 0 amide bonds. The Morgan fingerprint density at radius 3 is 2.58 bits per heavy atom. The largest absolute Gasteiger partial charge is 0.496 e. The number of carboxylic acid groups (broad SMARTS) is 1. The van der Waals surface area contributed by atoms with Crippen LogP contribution >= 0.6 is 0 Å². The summed E-state index contributed by atoms with van der Waals surface area (Å²) >= 11 is 0. The van der Waals surface area contributed by atoms with Crippen LogP contribution in [0.1, 0.15) is 37.8 Å². The SMILES string of the molecule is COc1ccc(/C(=C/CCC(=O)O)C(C)C)cc1C. The van der Waals surface area contributed by atoms with Gasteiger partial charge in [0.05, 0.1) is 7.11 Å². The van der Waals surface area contributed by atoms with Crippen LogP contribution in [0.2, 0.25) is 0 Å². The van der Waals surface area contributed by atoms with Gasteiger partial charge in [-0.25, -0.2) is 0 Å². The molecule has 1 aromatic carbocycles. The molecular weight excluding hydrogens is 240 g/mol. The van der Waals surface area contributed by atoms with Crippen molar-refractivity contribution in [3.05, 3.63) is 35.4 Å². The fourth-order valence-electron chi connectivity index (χ4n) is 2.10. The minimum Gasteiger partial charge on any atom is -0.496 e. The summed E-state index contributed by atoms with van der Waals surface area (Å²) in [6, 6.07) is 6.07. The second-order valence-corrected chi connectivity index (χ2v) is 4.93. The molecule has 0 aromatic heterocycles. The van der Waals surface area contributed by atoms with Crippen LogP contribution < -0.4 is 4.74 Å². The van der Waals surface area contributed by atoms with Gasteiger partial charge in [0.1, 0.15) is 5.75 Å². The number of aryl methyl sites for hydroxylation is 1. The average Bonchev–Trinajstić information content (AvgIpc) is 2.33. The monoisotopic (exact) mass is 262 g/mol. The first-order valence-corrected chi connectivity index (χ1v) is 6.52. The third-order valence-corrected chi connectivity index (χ3v) is 3.07. The van der Waals surface area contributed by atoms with E-state index in [4.69, 9.17) is 9.84 Å². The molecule has 0 unspecified atom stereocenters. The Hall–Kier alpha value is -1.77. The zero-order valence-electron chi connectivity index (χ0n) is 12.1. The van der Waals surface area contributed by atoms with Gasteiger partial charge in [0.2, 0.25) is 0 Å². The molecule has 3 heteroatoms. The molecule has 0 spiro atoms. The molecule has 0 saturated heterocycles. The van der Waals surface area contributed by atoms with Gasteiger partial charge in [-0.05, 0) is 48.1 Å². The lowest BCUT2D eigenvalue weighted by Gasteiger charge is -2.14. The summed E-state index contributed by atoms with van der Waals surface area (Å²) < 4.78 is 5.26. The summed E-state index contributed by atoms with van der Waals surface area (Å²) in [6.07, 6.45) is 2.76. The molecule has 0 radical (unpaired) electrons. The number of carboxylic acids is 1. The predicted molar refractivity (Wildman–Crippen MR) is 77.4 cm³/mol. The standard InChI is InChI=1S/C16H22O3/c1-11(2)14(6-5-7-16(17)18)13-8-9-15(19-4)12(3)10-13/h6,8-11H,5,7H2,1-4H3,(H,17,18)/b14-6+. The van der Waals surface area contributed by atoms with Crippen molar-refractivity contribution in [3.63, 3.8) is 0 Å². The Labute approximate surface area is 114 Å². The highest BCUT2D eigenvalue weighted by Crippen LogP contribution is 2.28. The lowest BCUT2D eigenvalue weighted by molar-refractivity contribution is -0.136. The van der Waals surface area contributed by atoms with E-state index >= 15 is 0 Å². The Balaban J connectivity index is 2.99. The van der Waals surface area contributed by atoms with Crippen LogP contribution in [0.15, 0.2) is 24.3 Å². The van der Waals surface area contributed by atoms with Gasteiger partial charge in [0.25, 0.3) is 0 Å². The van der Waals surface area contributed by atoms with Crippen LogP contribution in [-0.2, 0) is 4.79 Å². The third kappa shape index (κ3) is 4.43. The minimum absolute atomic E-state index is 0.172. The average molecular weight is 262 g/mol. The first kappa shape index (κ1) is 15.3. The Morgan fingerprint density at radius 1 is 1.42 bits per heavy atom. The van der Waals surface area contributed by atoms with E-state index in [1.807, 2.05) is 25.1 Å². The molecule has 0 fully saturated rings. The zero-order chi connectivity index (χ0) is 14.4. The van der Waals surface area contributed by atoms with Gasteiger partial charge in [-0.1, -0.05) is 26.0 Å².